The highest BCUT2D eigenvalue weighted by atomic mass is 79.9. The van der Waals surface area contributed by atoms with Gasteiger partial charge in [0.15, 0.2) is 0 Å². The Hall–Kier alpha value is -0.540. The van der Waals surface area contributed by atoms with Gasteiger partial charge in [0, 0.05) is 10.9 Å². The van der Waals surface area contributed by atoms with Crippen molar-refractivity contribution in [1.82, 2.24) is 0 Å². The van der Waals surface area contributed by atoms with Gasteiger partial charge in [-0.25, -0.2) is 0 Å². The van der Waals surface area contributed by atoms with Gasteiger partial charge in [0.2, 0.25) is 0 Å². The molecule has 0 aliphatic rings. The minimum atomic E-state index is 0.728. The number of nitrogens with two attached hydrogens (primary N) is 1. The predicted molar refractivity (Wildman–Crippen MR) is 70.8 cm³/mol. The molecule has 0 spiro atoms. The number of benzene rings is 1. The number of halogens is 1. The molecule has 0 bridgehead atoms. The van der Waals surface area contributed by atoms with Crippen LogP contribution in [0, 0.1) is 0 Å². The highest BCUT2D eigenvalue weighted by Gasteiger charge is 2.00. The summed E-state index contributed by atoms with van der Waals surface area (Å²) in [5.74, 6) is 0.943. The summed E-state index contributed by atoms with van der Waals surface area (Å²) in [4.78, 5) is 0. The van der Waals surface area contributed by atoms with Gasteiger partial charge >= 0.3 is 0 Å². The van der Waals surface area contributed by atoms with Crippen LogP contribution >= 0.6 is 15.9 Å². The molecule has 2 N–H and O–H groups in total. The molecular weight excluding hydrogens is 266 g/mol. The fourth-order valence-electron chi connectivity index (χ4n) is 1.40. The van der Waals surface area contributed by atoms with Gasteiger partial charge in [-0.2, -0.15) is 0 Å². The van der Waals surface area contributed by atoms with E-state index in [1.165, 1.54) is 6.42 Å². The standard InChI is InChI=1S/C13H20BrNO/c1-3-11(2)15-8-5-9-16-13-7-4-6-12(14)10-13/h4,6-7,10-11,15H,3,5,8-9H2,1-2H3/p+1/t11-/m0/s1. The lowest BCUT2D eigenvalue weighted by Gasteiger charge is -2.09. The molecule has 0 amide bonds. The number of hydrogen-bond donors (Lipinski definition) is 1. The Morgan fingerprint density at radius 3 is 2.94 bits per heavy atom. The van der Waals surface area contributed by atoms with Crippen LogP contribution in [-0.2, 0) is 0 Å². The zero-order chi connectivity index (χ0) is 11.8. The van der Waals surface area contributed by atoms with Gasteiger partial charge in [0.1, 0.15) is 5.75 Å². The molecule has 1 aromatic rings. The molecule has 0 radical (unpaired) electrons. The van der Waals surface area contributed by atoms with E-state index in [-0.39, 0.29) is 0 Å². The highest BCUT2D eigenvalue weighted by molar-refractivity contribution is 9.10. The molecule has 0 saturated heterocycles. The number of rotatable bonds is 7. The fourth-order valence-corrected chi connectivity index (χ4v) is 1.78. The van der Waals surface area contributed by atoms with Gasteiger partial charge in [-0.15, -0.1) is 0 Å². The summed E-state index contributed by atoms with van der Waals surface area (Å²) in [5, 5.41) is 2.38. The third-order valence-electron chi connectivity index (χ3n) is 2.63. The first-order valence-corrected chi connectivity index (χ1v) is 6.73. The van der Waals surface area contributed by atoms with E-state index in [2.05, 4.69) is 35.1 Å². The molecule has 0 aliphatic carbocycles. The van der Waals surface area contributed by atoms with Crippen molar-refractivity contribution in [3.8, 4) is 5.75 Å². The highest BCUT2D eigenvalue weighted by Crippen LogP contribution is 2.17. The number of hydrogen-bond acceptors (Lipinski definition) is 1. The quantitative estimate of drug-likeness (QED) is 0.766. The minimum Gasteiger partial charge on any atom is -0.493 e. The average Bonchev–Trinajstić information content (AvgIpc) is 2.28. The average molecular weight is 287 g/mol. The van der Waals surface area contributed by atoms with E-state index in [4.69, 9.17) is 4.74 Å². The van der Waals surface area contributed by atoms with Gasteiger partial charge in [-0.1, -0.05) is 28.9 Å². The first-order valence-electron chi connectivity index (χ1n) is 5.94. The smallest absolute Gasteiger partial charge is 0.120 e. The zero-order valence-electron chi connectivity index (χ0n) is 10.1. The van der Waals surface area contributed by atoms with Crippen molar-refractivity contribution >= 4 is 15.9 Å². The third-order valence-corrected chi connectivity index (χ3v) is 3.12. The monoisotopic (exact) mass is 286 g/mol. The van der Waals surface area contributed by atoms with E-state index in [9.17, 15) is 0 Å². The third kappa shape index (κ3) is 5.52. The van der Waals surface area contributed by atoms with E-state index in [0.29, 0.717) is 0 Å². The summed E-state index contributed by atoms with van der Waals surface area (Å²) < 4.78 is 6.72. The second kappa shape index (κ2) is 7.69. The molecule has 1 rings (SSSR count). The van der Waals surface area contributed by atoms with E-state index >= 15 is 0 Å². The van der Waals surface area contributed by atoms with E-state index in [1.807, 2.05) is 24.3 Å². The van der Waals surface area contributed by atoms with Crippen LogP contribution < -0.4 is 10.1 Å². The summed E-state index contributed by atoms with van der Waals surface area (Å²) in [6.45, 7) is 6.42. The van der Waals surface area contributed by atoms with Gasteiger partial charge in [0.25, 0.3) is 0 Å². The van der Waals surface area contributed by atoms with Crippen LogP contribution in [0.2, 0.25) is 0 Å². The van der Waals surface area contributed by atoms with Crippen LogP contribution in [0.25, 0.3) is 0 Å². The van der Waals surface area contributed by atoms with Crippen molar-refractivity contribution in [2.45, 2.75) is 32.7 Å². The van der Waals surface area contributed by atoms with Crippen molar-refractivity contribution in [2.24, 2.45) is 0 Å². The topological polar surface area (TPSA) is 25.8 Å². The van der Waals surface area contributed by atoms with E-state index in [1.54, 1.807) is 0 Å². The summed E-state index contributed by atoms with van der Waals surface area (Å²) >= 11 is 3.43. The van der Waals surface area contributed by atoms with Gasteiger partial charge in [-0.05, 0) is 31.5 Å². The lowest BCUT2D eigenvalue weighted by atomic mass is 10.2. The van der Waals surface area contributed by atoms with Crippen molar-refractivity contribution in [3.63, 3.8) is 0 Å². The Balaban J connectivity index is 2.12. The minimum absolute atomic E-state index is 0.728. The van der Waals surface area contributed by atoms with Crippen LogP contribution in [0.15, 0.2) is 28.7 Å². The predicted octanol–water partition coefficient (Wildman–Crippen LogP) is 2.58. The molecule has 2 nitrogen and oxygen atoms in total. The molecule has 0 fully saturated rings. The second-order valence-electron chi connectivity index (χ2n) is 4.07. The molecule has 1 atom stereocenters. The summed E-state index contributed by atoms with van der Waals surface area (Å²) in [5.41, 5.74) is 0. The van der Waals surface area contributed by atoms with E-state index in [0.717, 1.165) is 35.8 Å². The molecule has 0 heterocycles. The van der Waals surface area contributed by atoms with Crippen molar-refractivity contribution in [2.75, 3.05) is 13.2 Å². The van der Waals surface area contributed by atoms with Crippen LogP contribution in [0.1, 0.15) is 26.7 Å². The Kier molecular flexibility index (Phi) is 6.50. The molecule has 1 aromatic carbocycles. The Bertz CT molecular complexity index is 304. The normalized spacial score (nSPS) is 12.4. The molecule has 90 valence electrons. The molecule has 16 heavy (non-hydrogen) atoms. The first kappa shape index (κ1) is 13.5. The molecule has 0 saturated carbocycles. The number of ether oxygens (including phenoxy) is 1. The second-order valence-corrected chi connectivity index (χ2v) is 4.98. The van der Waals surface area contributed by atoms with Gasteiger partial charge in [-0.3, -0.25) is 0 Å². The number of quaternary nitrogens is 1. The lowest BCUT2D eigenvalue weighted by Crippen LogP contribution is -2.89. The van der Waals surface area contributed by atoms with Crippen molar-refractivity contribution in [1.29, 1.82) is 0 Å². The maximum Gasteiger partial charge on any atom is 0.120 e. The van der Waals surface area contributed by atoms with Gasteiger partial charge < -0.3 is 10.1 Å². The van der Waals surface area contributed by atoms with Crippen LogP contribution in [0.3, 0.4) is 0 Å². The molecule has 0 unspecified atom stereocenters. The summed E-state index contributed by atoms with van der Waals surface area (Å²) in [6, 6.07) is 8.71. The maximum absolute atomic E-state index is 5.65. The first-order chi connectivity index (χ1) is 7.72. The summed E-state index contributed by atoms with van der Waals surface area (Å²) in [6.07, 6.45) is 2.32. The Labute approximate surface area is 107 Å². The molecule has 3 heteroatoms. The molecule has 0 aromatic heterocycles. The van der Waals surface area contributed by atoms with Crippen LogP contribution in [0.4, 0.5) is 0 Å². The fraction of sp³-hybridized carbons (Fsp3) is 0.538. The SMILES string of the molecule is CC[C@H](C)[NH2+]CCCOc1cccc(Br)c1. The largest absolute Gasteiger partial charge is 0.493 e. The Morgan fingerprint density at radius 1 is 1.44 bits per heavy atom. The van der Waals surface area contributed by atoms with Crippen LogP contribution in [-0.4, -0.2) is 19.2 Å². The van der Waals surface area contributed by atoms with E-state index < -0.39 is 0 Å². The maximum atomic E-state index is 5.65. The molecular formula is C13H21BrNO+. The summed E-state index contributed by atoms with van der Waals surface area (Å²) in [7, 11) is 0. The Morgan fingerprint density at radius 2 is 2.25 bits per heavy atom. The van der Waals surface area contributed by atoms with Crippen molar-refractivity contribution < 1.29 is 10.1 Å². The lowest BCUT2D eigenvalue weighted by molar-refractivity contribution is -0.686. The van der Waals surface area contributed by atoms with Crippen LogP contribution in [0.5, 0.6) is 5.75 Å². The zero-order valence-corrected chi connectivity index (χ0v) is 11.7. The van der Waals surface area contributed by atoms with Crippen molar-refractivity contribution in [3.05, 3.63) is 28.7 Å². The molecule has 0 aliphatic heterocycles. The van der Waals surface area contributed by atoms with Gasteiger partial charge in [0.05, 0.1) is 19.2 Å².